The highest BCUT2D eigenvalue weighted by Gasteiger charge is 2.11. The van der Waals surface area contributed by atoms with Crippen LogP contribution in [0.5, 0.6) is 0 Å². The first-order valence-corrected chi connectivity index (χ1v) is 6.09. The Hall–Kier alpha value is -2.22. The maximum absolute atomic E-state index is 11.6. The number of hydrogen-bond acceptors (Lipinski definition) is 7. The zero-order valence-corrected chi connectivity index (χ0v) is 12.5. The summed E-state index contributed by atoms with van der Waals surface area (Å²) >= 11 is 4.83. The number of carbonyl (C=O) groups excluding carboxylic acids is 1. The second-order valence-corrected chi connectivity index (χ2v) is 4.16. The molecule has 0 unspecified atom stereocenters. The van der Waals surface area contributed by atoms with Crippen molar-refractivity contribution in [1.82, 2.24) is 15.3 Å². The summed E-state index contributed by atoms with van der Waals surface area (Å²) in [6, 6.07) is 1.84. The molecule has 1 aromatic rings. The molecule has 0 saturated heterocycles. The summed E-state index contributed by atoms with van der Waals surface area (Å²) in [6.45, 7) is 3.70. The van der Waals surface area contributed by atoms with Crippen LogP contribution in [-0.2, 0) is 14.3 Å². The van der Waals surface area contributed by atoms with Gasteiger partial charge in [-0.05, 0) is 32.1 Å². The minimum absolute atomic E-state index is 0.0461. The second-order valence-electron chi connectivity index (χ2n) is 3.78. The van der Waals surface area contributed by atoms with E-state index in [-0.39, 0.29) is 10.9 Å². The van der Waals surface area contributed by atoms with E-state index in [9.17, 15) is 4.79 Å². The molecule has 7 nitrogen and oxygen atoms in total. The predicted molar refractivity (Wildman–Crippen MR) is 78.0 cm³/mol. The van der Waals surface area contributed by atoms with Gasteiger partial charge >= 0.3 is 5.97 Å². The Labute approximate surface area is 122 Å². The van der Waals surface area contributed by atoms with Crippen molar-refractivity contribution >= 4 is 29.3 Å². The molecule has 0 fully saturated rings. The van der Waals surface area contributed by atoms with E-state index in [1.165, 1.54) is 20.4 Å². The number of nitrogens with zero attached hydrogens (tertiary/aromatic N) is 2. The van der Waals surface area contributed by atoms with E-state index in [1.54, 1.807) is 0 Å². The lowest BCUT2D eigenvalue weighted by atomic mass is 10.4. The molecule has 1 heterocycles. The van der Waals surface area contributed by atoms with Crippen LogP contribution in [-0.4, -0.2) is 35.3 Å². The lowest BCUT2D eigenvalue weighted by molar-refractivity contribution is -0.136. The molecule has 0 aliphatic heterocycles. The van der Waals surface area contributed by atoms with Crippen molar-refractivity contribution in [3.8, 4) is 0 Å². The number of nitrogens with one attached hydrogen (secondary N) is 2. The fourth-order valence-electron chi connectivity index (χ4n) is 1.34. The fraction of sp³-hybridized carbons (Fsp3) is 0.333. The summed E-state index contributed by atoms with van der Waals surface area (Å²) in [5.74, 6) is -0.227. The number of aromatic nitrogens is 2. The molecular formula is C12H16N4O3S. The van der Waals surface area contributed by atoms with Crippen molar-refractivity contribution in [3.05, 3.63) is 29.4 Å². The molecular weight excluding hydrogens is 280 g/mol. The van der Waals surface area contributed by atoms with Crippen LogP contribution in [0.15, 0.2) is 18.0 Å². The average molecular weight is 296 g/mol. The Balaban J connectivity index is 2.90. The van der Waals surface area contributed by atoms with E-state index < -0.39 is 5.97 Å². The summed E-state index contributed by atoms with van der Waals surface area (Å²) in [7, 11) is 2.66. The third-order valence-corrected chi connectivity index (χ3v) is 2.42. The molecule has 0 aliphatic rings. The molecule has 0 saturated carbocycles. The fourth-order valence-corrected chi connectivity index (χ4v) is 1.45. The van der Waals surface area contributed by atoms with Crippen LogP contribution in [0.4, 0.5) is 5.95 Å². The first kappa shape index (κ1) is 15.8. The molecule has 1 aromatic heterocycles. The SMILES string of the molecule is COC(=O)/C(=C\Nc1nc(C)cc(C)n1)NC(=S)OC. The minimum atomic E-state index is -0.596. The van der Waals surface area contributed by atoms with Crippen LogP contribution in [0.3, 0.4) is 0 Å². The lowest BCUT2D eigenvalue weighted by Crippen LogP contribution is -2.28. The zero-order valence-electron chi connectivity index (χ0n) is 11.7. The molecule has 2 N–H and O–H groups in total. The first-order chi connectivity index (χ1) is 9.46. The van der Waals surface area contributed by atoms with Crippen molar-refractivity contribution in [3.63, 3.8) is 0 Å². The van der Waals surface area contributed by atoms with Crippen LogP contribution in [0.1, 0.15) is 11.4 Å². The molecule has 8 heteroatoms. The Morgan fingerprint density at radius 1 is 1.25 bits per heavy atom. The van der Waals surface area contributed by atoms with Gasteiger partial charge in [0.05, 0.1) is 14.2 Å². The van der Waals surface area contributed by atoms with Gasteiger partial charge in [0.15, 0.2) is 0 Å². The van der Waals surface area contributed by atoms with Crippen molar-refractivity contribution < 1.29 is 14.3 Å². The van der Waals surface area contributed by atoms with Gasteiger partial charge in [0, 0.05) is 17.6 Å². The van der Waals surface area contributed by atoms with Gasteiger partial charge in [-0.2, -0.15) is 0 Å². The van der Waals surface area contributed by atoms with Crippen molar-refractivity contribution in [2.45, 2.75) is 13.8 Å². The highest BCUT2D eigenvalue weighted by atomic mass is 32.1. The Bertz CT molecular complexity index is 525. The third-order valence-electron chi connectivity index (χ3n) is 2.16. The molecule has 0 aromatic carbocycles. The van der Waals surface area contributed by atoms with Gasteiger partial charge in [0.1, 0.15) is 5.70 Å². The number of thiocarbonyl (C=S) groups is 1. The summed E-state index contributed by atoms with van der Waals surface area (Å²) in [5.41, 5.74) is 1.71. The van der Waals surface area contributed by atoms with Gasteiger partial charge in [-0.3, -0.25) is 0 Å². The van der Waals surface area contributed by atoms with Gasteiger partial charge < -0.3 is 20.1 Å². The van der Waals surface area contributed by atoms with E-state index in [1.807, 2.05) is 19.9 Å². The summed E-state index contributed by atoms with van der Waals surface area (Å²) < 4.78 is 9.41. The van der Waals surface area contributed by atoms with Crippen LogP contribution in [0.2, 0.25) is 0 Å². The van der Waals surface area contributed by atoms with Gasteiger partial charge in [-0.15, -0.1) is 0 Å². The number of aryl methyl sites for hydroxylation is 2. The molecule has 0 atom stereocenters. The molecule has 1 rings (SSSR count). The number of ether oxygens (including phenoxy) is 2. The number of anilines is 1. The molecule has 0 radical (unpaired) electrons. The van der Waals surface area contributed by atoms with Gasteiger partial charge in [-0.1, -0.05) is 0 Å². The Kier molecular flexibility index (Phi) is 5.85. The number of carbonyl (C=O) groups is 1. The monoisotopic (exact) mass is 296 g/mol. The number of esters is 1. The molecule has 0 bridgehead atoms. The maximum Gasteiger partial charge on any atom is 0.356 e. The van der Waals surface area contributed by atoms with Gasteiger partial charge in [0.25, 0.3) is 5.17 Å². The molecule has 0 amide bonds. The zero-order chi connectivity index (χ0) is 15.1. The van der Waals surface area contributed by atoms with Crippen LogP contribution in [0, 0.1) is 13.8 Å². The molecule has 20 heavy (non-hydrogen) atoms. The second kappa shape index (κ2) is 7.39. The standard InChI is InChI=1S/C12H16N4O3S/c1-7-5-8(2)15-11(14-7)13-6-9(10(17)18-3)16-12(20)19-4/h5-6H,1-4H3,(H,16,20)(H,13,14,15)/b9-6+. The molecule has 0 spiro atoms. The number of hydrogen-bond donors (Lipinski definition) is 2. The van der Waals surface area contributed by atoms with E-state index in [0.29, 0.717) is 5.95 Å². The topological polar surface area (TPSA) is 85.4 Å². The average Bonchev–Trinajstić information content (AvgIpc) is 2.41. The Morgan fingerprint density at radius 2 is 1.85 bits per heavy atom. The molecule has 108 valence electrons. The van der Waals surface area contributed by atoms with E-state index in [0.717, 1.165) is 11.4 Å². The summed E-state index contributed by atoms with van der Waals surface area (Å²) in [5, 5.41) is 5.45. The number of methoxy groups -OCH3 is 2. The quantitative estimate of drug-likeness (QED) is 0.484. The smallest absolute Gasteiger partial charge is 0.356 e. The van der Waals surface area contributed by atoms with Crippen LogP contribution in [0.25, 0.3) is 0 Å². The Morgan fingerprint density at radius 3 is 2.35 bits per heavy atom. The van der Waals surface area contributed by atoms with Crippen molar-refractivity contribution in [1.29, 1.82) is 0 Å². The third kappa shape index (κ3) is 4.81. The lowest BCUT2D eigenvalue weighted by Gasteiger charge is -2.09. The summed E-state index contributed by atoms with van der Waals surface area (Å²) in [6.07, 6.45) is 1.37. The maximum atomic E-state index is 11.6. The predicted octanol–water partition coefficient (Wildman–Crippen LogP) is 1.04. The first-order valence-electron chi connectivity index (χ1n) is 5.68. The van der Waals surface area contributed by atoms with Crippen molar-refractivity contribution in [2.75, 3.05) is 19.5 Å². The minimum Gasteiger partial charge on any atom is -0.474 e. The number of rotatable bonds is 4. The van der Waals surface area contributed by atoms with Crippen molar-refractivity contribution in [2.24, 2.45) is 0 Å². The van der Waals surface area contributed by atoms with Gasteiger partial charge in [-0.25, -0.2) is 14.8 Å². The molecule has 0 aliphatic carbocycles. The summed E-state index contributed by atoms with van der Waals surface area (Å²) in [4.78, 5) is 19.9. The van der Waals surface area contributed by atoms with E-state index in [2.05, 4.69) is 25.3 Å². The van der Waals surface area contributed by atoms with E-state index in [4.69, 9.17) is 17.0 Å². The highest BCUT2D eigenvalue weighted by molar-refractivity contribution is 7.80. The normalized spacial score (nSPS) is 10.7. The van der Waals surface area contributed by atoms with Gasteiger partial charge in [0.2, 0.25) is 5.95 Å². The largest absolute Gasteiger partial charge is 0.474 e. The van der Waals surface area contributed by atoms with Crippen LogP contribution >= 0.6 is 12.2 Å². The highest BCUT2D eigenvalue weighted by Crippen LogP contribution is 2.04. The van der Waals surface area contributed by atoms with E-state index >= 15 is 0 Å². The van der Waals surface area contributed by atoms with Crippen LogP contribution < -0.4 is 10.6 Å².